The molecule has 0 saturated carbocycles. The Morgan fingerprint density at radius 2 is 1.95 bits per heavy atom. The van der Waals surface area contributed by atoms with Crippen LogP contribution in [0.25, 0.3) is 0 Å². The molecule has 0 aromatic heterocycles. The topological polar surface area (TPSA) is 12.0 Å². The van der Waals surface area contributed by atoms with Crippen LogP contribution in [0.1, 0.15) is 45.1 Å². The van der Waals surface area contributed by atoms with E-state index in [9.17, 15) is 8.78 Å². The lowest BCUT2D eigenvalue weighted by molar-refractivity contribution is 0.327. The number of unbranched alkanes of at least 4 members (excludes halogenated alkanes) is 1. The molecule has 2 unspecified atom stereocenters. The van der Waals surface area contributed by atoms with Crippen molar-refractivity contribution >= 4 is 0 Å². The lowest BCUT2D eigenvalue weighted by Gasteiger charge is -2.26. The molecular weight excluding hydrogens is 244 g/mol. The molecule has 1 N–H and O–H groups in total. The summed E-state index contributed by atoms with van der Waals surface area (Å²) >= 11 is 0. The van der Waals surface area contributed by atoms with Gasteiger partial charge >= 0.3 is 0 Å². The second kappa shape index (κ2) is 8.26. The van der Waals surface area contributed by atoms with Crippen LogP contribution >= 0.6 is 0 Å². The van der Waals surface area contributed by atoms with E-state index >= 15 is 0 Å². The standard InChI is InChI=1S/C16H25F2N/c1-4-6-7-12(5-2)16(19-3)11-13-10-14(17)8-9-15(13)18/h8-10,12,16,19H,4-7,11H2,1-3H3. The molecule has 1 aromatic carbocycles. The number of hydrogen-bond donors (Lipinski definition) is 1. The Bertz CT molecular complexity index is 379. The summed E-state index contributed by atoms with van der Waals surface area (Å²) in [7, 11) is 1.90. The number of benzene rings is 1. The molecule has 1 rings (SSSR count). The summed E-state index contributed by atoms with van der Waals surface area (Å²) in [6.07, 6.45) is 5.09. The molecule has 3 heteroatoms. The maximum absolute atomic E-state index is 13.7. The van der Waals surface area contributed by atoms with Crippen molar-refractivity contribution in [3.8, 4) is 0 Å². The second-order valence-corrected chi connectivity index (χ2v) is 5.15. The number of nitrogens with one attached hydrogen (secondary N) is 1. The average Bonchev–Trinajstić information content (AvgIpc) is 2.41. The molecule has 108 valence electrons. The van der Waals surface area contributed by atoms with Crippen molar-refractivity contribution in [1.29, 1.82) is 0 Å². The minimum atomic E-state index is -0.368. The van der Waals surface area contributed by atoms with Crippen molar-refractivity contribution in [3.63, 3.8) is 0 Å². The van der Waals surface area contributed by atoms with Crippen LogP contribution in [0.2, 0.25) is 0 Å². The highest BCUT2D eigenvalue weighted by Gasteiger charge is 2.20. The van der Waals surface area contributed by atoms with Crippen LogP contribution in [-0.4, -0.2) is 13.1 Å². The van der Waals surface area contributed by atoms with Crippen LogP contribution in [0.4, 0.5) is 8.78 Å². The van der Waals surface area contributed by atoms with Gasteiger partial charge in [0.1, 0.15) is 11.6 Å². The average molecular weight is 269 g/mol. The zero-order valence-electron chi connectivity index (χ0n) is 12.2. The van der Waals surface area contributed by atoms with Gasteiger partial charge in [-0.15, -0.1) is 0 Å². The second-order valence-electron chi connectivity index (χ2n) is 5.15. The maximum Gasteiger partial charge on any atom is 0.126 e. The van der Waals surface area contributed by atoms with E-state index in [1.165, 1.54) is 31.0 Å². The van der Waals surface area contributed by atoms with Crippen molar-refractivity contribution in [2.24, 2.45) is 5.92 Å². The minimum absolute atomic E-state index is 0.202. The molecule has 0 saturated heterocycles. The molecule has 0 amide bonds. The molecule has 2 atom stereocenters. The number of hydrogen-bond acceptors (Lipinski definition) is 1. The van der Waals surface area contributed by atoms with Crippen LogP contribution in [0.5, 0.6) is 0 Å². The van der Waals surface area contributed by atoms with Crippen LogP contribution in [0.3, 0.4) is 0 Å². The van der Waals surface area contributed by atoms with Crippen LogP contribution in [0.15, 0.2) is 18.2 Å². The van der Waals surface area contributed by atoms with Gasteiger partial charge in [-0.05, 0) is 49.6 Å². The van der Waals surface area contributed by atoms with Crippen molar-refractivity contribution < 1.29 is 8.78 Å². The predicted octanol–water partition coefficient (Wildman–Crippen LogP) is 4.31. The molecule has 0 aliphatic heterocycles. The summed E-state index contributed by atoms with van der Waals surface area (Å²) in [5.41, 5.74) is 0.467. The Kier molecular flexibility index (Phi) is 7.00. The van der Waals surface area contributed by atoms with Crippen molar-refractivity contribution in [1.82, 2.24) is 5.32 Å². The van der Waals surface area contributed by atoms with Gasteiger partial charge < -0.3 is 5.32 Å². The first-order valence-corrected chi connectivity index (χ1v) is 7.23. The van der Waals surface area contributed by atoms with E-state index in [0.29, 0.717) is 17.9 Å². The van der Waals surface area contributed by atoms with Crippen LogP contribution in [0, 0.1) is 17.6 Å². The fraction of sp³-hybridized carbons (Fsp3) is 0.625. The summed E-state index contributed by atoms with van der Waals surface area (Å²) in [6.45, 7) is 4.33. The van der Waals surface area contributed by atoms with Gasteiger partial charge in [-0.3, -0.25) is 0 Å². The molecule has 0 radical (unpaired) electrons. The van der Waals surface area contributed by atoms with E-state index in [1.54, 1.807) is 0 Å². The predicted molar refractivity (Wildman–Crippen MR) is 76.2 cm³/mol. The van der Waals surface area contributed by atoms with Gasteiger partial charge in [-0.25, -0.2) is 8.78 Å². The third-order valence-corrected chi connectivity index (χ3v) is 3.84. The SMILES string of the molecule is CCCCC(CC)C(Cc1cc(F)ccc1F)NC. The summed E-state index contributed by atoms with van der Waals surface area (Å²) in [5, 5.41) is 3.27. The van der Waals surface area contributed by atoms with Crippen molar-refractivity contribution in [3.05, 3.63) is 35.4 Å². The van der Waals surface area contributed by atoms with E-state index in [2.05, 4.69) is 19.2 Å². The molecule has 1 aromatic rings. The Balaban J connectivity index is 2.76. The smallest absolute Gasteiger partial charge is 0.126 e. The first kappa shape index (κ1) is 16.1. The Morgan fingerprint density at radius 3 is 2.53 bits per heavy atom. The van der Waals surface area contributed by atoms with Crippen LogP contribution in [-0.2, 0) is 6.42 Å². The molecule has 0 bridgehead atoms. The summed E-state index contributed by atoms with van der Waals surface area (Å²) in [4.78, 5) is 0. The summed E-state index contributed by atoms with van der Waals surface area (Å²) in [5.74, 6) is -0.174. The monoisotopic (exact) mass is 269 g/mol. The van der Waals surface area contributed by atoms with Gasteiger partial charge in [0.2, 0.25) is 0 Å². The van der Waals surface area contributed by atoms with E-state index < -0.39 is 0 Å². The van der Waals surface area contributed by atoms with Crippen molar-refractivity contribution in [2.45, 2.75) is 52.0 Å². The van der Waals surface area contributed by atoms with Gasteiger partial charge in [-0.1, -0.05) is 33.1 Å². The van der Waals surface area contributed by atoms with Gasteiger partial charge in [0, 0.05) is 6.04 Å². The molecule has 0 aliphatic carbocycles. The zero-order chi connectivity index (χ0) is 14.3. The number of rotatable bonds is 8. The third-order valence-electron chi connectivity index (χ3n) is 3.84. The Hall–Kier alpha value is -0.960. The summed E-state index contributed by atoms with van der Waals surface area (Å²) < 4.78 is 26.9. The molecule has 0 fully saturated rings. The number of likely N-dealkylation sites (N-methyl/N-ethyl adjacent to an activating group) is 1. The highest BCUT2D eigenvalue weighted by Crippen LogP contribution is 2.21. The van der Waals surface area contributed by atoms with Gasteiger partial charge in [-0.2, -0.15) is 0 Å². The molecule has 19 heavy (non-hydrogen) atoms. The largest absolute Gasteiger partial charge is 0.316 e. The molecule has 0 heterocycles. The van der Waals surface area contributed by atoms with Crippen LogP contribution < -0.4 is 5.32 Å². The Labute approximate surface area is 115 Å². The zero-order valence-corrected chi connectivity index (χ0v) is 12.2. The minimum Gasteiger partial charge on any atom is -0.316 e. The summed E-state index contributed by atoms with van der Waals surface area (Å²) in [6, 6.07) is 3.89. The van der Waals surface area contributed by atoms with Gasteiger partial charge in [0.15, 0.2) is 0 Å². The maximum atomic E-state index is 13.7. The fourth-order valence-corrected chi connectivity index (χ4v) is 2.60. The highest BCUT2D eigenvalue weighted by atomic mass is 19.1. The van der Waals surface area contributed by atoms with E-state index in [-0.39, 0.29) is 17.7 Å². The van der Waals surface area contributed by atoms with Gasteiger partial charge in [0.05, 0.1) is 0 Å². The first-order chi connectivity index (χ1) is 9.12. The highest BCUT2D eigenvalue weighted by molar-refractivity contribution is 5.20. The fourth-order valence-electron chi connectivity index (χ4n) is 2.60. The third kappa shape index (κ3) is 4.90. The Morgan fingerprint density at radius 1 is 1.21 bits per heavy atom. The molecule has 1 nitrogen and oxygen atoms in total. The first-order valence-electron chi connectivity index (χ1n) is 7.23. The number of halogens is 2. The quantitative estimate of drug-likeness (QED) is 0.741. The molecule has 0 spiro atoms. The molecule has 0 aliphatic rings. The normalized spacial score (nSPS) is 14.4. The van der Waals surface area contributed by atoms with E-state index in [4.69, 9.17) is 0 Å². The lowest BCUT2D eigenvalue weighted by Crippen LogP contribution is -2.35. The van der Waals surface area contributed by atoms with Crippen molar-refractivity contribution in [2.75, 3.05) is 7.05 Å². The lowest BCUT2D eigenvalue weighted by atomic mass is 9.87. The van der Waals surface area contributed by atoms with E-state index in [1.807, 2.05) is 7.05 Å². The van der Waals surface area contributed by atoms with E-state index in [0.717, 1.165) is 12.8 Å². The van der Waals surface area contributed by atoms with Gasteiger partial charge in [0.25, 0.3) is 0 Å². The molecular formula is C16H25F2N.